The molecular weight excluding hydrogens is 152 g/mol. The molecule has 0 unspecified atom stereocenters. The number of benzene rings is 1. The lowest BCUT2D eigenvalue weighted by molar-refractivity contribution is 0.311. The van der Waals surface area contributed by atoms with Crippen molar-refractivity contribution in [2.75, 3.05) is 24.2 Å². The lowest BCUT2D eigenvalue weighted by Crippen LogP contribution is -2.06. The first-order chi connectivity index (χ1) is 5.74. The van der Waals surface area contributed by atoms with Crippen molar-refractivity contribution in [3.8, 4) is 0 Å². The van der Waals surface area contributed by atoms with Gasteiger partial charge in [0, 0.05) is 17.9 Å². The highest BCUT2D eigenvalue weighted by molar-refractivity contribution is 5.59. The predicted octanol–water partition coefficient (Wildman–Crippen LogP) is 0.981. The highest BCUT2D eigenvalue weighted by Crippen LogP contribution is 2.17. The van der Waals surface area contributed by atoms with Gasteiger partial charge in [-0.2, -0.15) is 0 Å². The molecule has 0 aliphatic carbocycles. The van der Waals surface area contributed by atoms with Gasteiger partial charge in [0.05, 0.1) is 6.61 Å². The Balaban J connectivity index is 2.75. The number of anilines is 2. The van der Waals surface area contributed by atoms with Crippen LogP contribution in [0.4, 0.5) is 11.4 Å². The summed E-state index contributed by atoms with van der Waals surface area (Å²) in [5, 5.41) is 11.7. The van der Waals surface area contributed by atoms with Crippen LogP contribution >= 0.6 is 0 Å². The lowest BCUT2D eigenvalue weighted by Gasteiger charge is -2.08. The maximum Gasteiger partial charge on any atom is 0.0604 e. The molecule has 0 saturated heterocycles. The van der Waals surface area contributed by atoms with Crippen LogP contribution < -0.4 is 11.1 Å². The van der Waals surface area contributed by atoms with Crippen LogP contribution in [0.3, 0.4) is 0 Å². The summed E-state index contributed by atoms with van der Waals surface area (Å²) in [6.07, 6.45) is 0. The highest BCUT2D eigenvalue weighted by Gasteiger charge is 1.96. The molecule has 0 aliphatic rings. The zero-order valence-corrected chi connectivity index (χ0v) is 7.17. The third-order valence-corrected chi connectivity index (χ3v) is 1.69. The summed E-state index contributed by atoms with van der Waals surface area (Å²) in [6.45, 7) is 2.69. The largest absolute Gasteiger partial charge is 0.399 e. The van der Waals surface area contributed by atoms with Crippen LogP contribution in [-0.2, 0) is 0 Å². The number of nitrogens with two attached hydrogens (primary N) is 1. The van der Waals surface area contributed by atoms with Gasteiger partial charge < -0.3 is 16.2 Å². The number of aliphatic hydroxyl groups is 1. The second kappa shape index (κ2) is 3.97. The number of rotatable bonds is 3. The van der Waals surface area contributed by atoms with E-state index in [0.717, 1.165) is 16.9 Å². The Hall–Kier alpha value is -1.22. The van der Waals surface area contributed by atoms with Gasteiger partial charge in [-0.05, 0) is 24.6 Å². The van der Waals surface area contributed by atoms with E-state index in [0.29, 0.717) is 6.54 Å². The summed E-state index contributed by atoms with van der Waals surface area (Å²) in [5.74, 6) is 0. The average molecular weight is 166 g/mol. The Kier molecular flexibility index (Phi) is 2.94. The summed E-state index contributed by atoms with van der Waals surface area (Å²) in [5.41, 5.74) is 8.46. The monoisotopic (exact) mass is 166 g/mol. The van der Waals surface area contributed by atoms with E-state index in [1.165, 1.54) is 0 Å². The SMILES string of the molecule is Cc1ccc(N)cc1NCCO. The first-order valence-electron chi connectivity index (χ1n) is 3.95. The molecule has 0 aromatic heterocycles. The van der Waals surface area contributed by atoms with Crippen LogP contribution in [0, 0.1) is 6.92 Å². The van der Waals surface area contributed by atoms with Gasteiger partial charge in [0.15, 0.2) is 0 Å². The van der Waals surface area contributed by atoms with Crippen molar-refractivity contribution in [3.63, 3.8) is 0 Å². The maximum atomic E-state index is 8.59. The molecule has 1 aromatic rings. The Morgan fingerprint density at radius 2 is 2.25 bits per heavy atom. The quantitative estimate of drug-likeness (QED) is 0.587. The van der Waals surface area contributed by atoms with E-state index in [4.69, 9.17) is 10.8 Å². The molecule has 0 bridgehead atoms. The minimum absolute atomic E-state index is 0.133. The Bertz CT molecular complexity index is 261. The van der Waals surface area contributed by atoms with Gasteiger partial charge in [-0.25, -0.2) is 0 Å². The fourth-order valence-electron chi connectivity index (χ4n) is 1.02. The van der Waals surface area contributed by atoms with E-state index in [-0.39, 0.29) is 6.61 Å². The molecule has 1 rings (SSSR count). The number of aryl methyl sites for hydroxylation is 1. The van der Waals surface area contributed by atoms with Crippen LogP contribution in [0.15, 0.2) is 18.2 Å². The van der Waals surface area contributed by atoms with Crippen molar-refractivity contribution >= 4 is 11.4 Å². The Morgan fingerprint density at radius 3 is 2.92 bits per heavy atom. The van der Waals surface area contributed by atoms with E-state index in [1.54, 1.807) is 0 Å². The number of hydrogen-bond acceptors (Lipinski definition) is 3. The molecule has 3 heteroatoms. The van der Waals surface area contributed by atoms with Crippen molar-refractivity contribution in [2.24, 2.45) is 0 Å². The summed E-state index contributed by atoms with van der Waals surface area (Å²) < 4.78 is 0. The van der Waals surface area contributed by atoms with Crippen molar-refractivity contribution < 1.29 is 5.11 Å². The van der Waals surface area contributed by atoms with E-state index in [9.17, 15) is 0 Å². The third kappa shape index (κ3) is 2.13. The number of nitrogens with one attached hydrogen (secondary N) is 1. The molecule has 66 valence electrons. The van der Waals surface area contributed by atoms with Crippen molar-refractivity contribution in [1.82, 2.24) is 0 Å². The summed E-state index contributed by atoms with van der Waals surface area (Å²) in [7, 11) is 0. The van der Waals surface area contributed by atoms with Crippen molar-refractivity contribution in [1.29, 1.82) is 0 Å². The second-order valence-corrected chi connectivity index (χ2v) is 2.72. The molecule has 0 spiro atoms. The fourth-order valence-corrected chi connectivity index (χ4v) is 1.02. The van der Waals surface area contributed by atoms with E-state index in [2.05, 4.69) is 5.32 Å². The minimum atomic E-state index is 0.133. The minimum Gasteiger partial charge on any atom is -0.399 e. The normalized spacial score (nSPS) is 9.83. The van der Waals surface area contributed by atoms with Crippen LogP contribution in [0.1, 0.15) is 5.56 Å². The van der Waals surface area contributed by atoms with Gasteiger partial charge in [-0.1, -0.05) is 6.07 Å². The number of hydrogen-bond donors (Lipinski definition) is 3. The molecule has 0 atom stereocenters. The van der Waals surface area contributed by atoms with Crippen LogP contribution in [0.2, 0.25) is 0 Å². The Labute approximate surface area is 72.2 Å². The maximum absolute atomic E-state index is 8.59. The molecule has 0 heterocycles. The lowest BCUT2D eigenvalue weighted by atomic mass is 10.2. The summed E-state index contributed by atoms with van der Waals surface area (Å²) >= 11 is 0. The molecule has 1 aromatic carbocycles. The molecule has 0 amide bonds. The average Bonchev–Trinajstić information content (AvgIpc) is 2.07. The molecule has 0 saturated carbocycles. The van der Waals surface area contributed by atoms with Crippen LogP contribution in [0.5, 0.6) is 0 Å². The van der Waals surface area contributed by atoms with E-state index < -0.39 is 0 Å². The van der Waals surface area contributed by atoms with Crippen LogP contribution in [-0.4, -0.2) is 18.3 Å². The number of nitrogen functional groups attached to an aromatic ring is 1. The third-order valence-electron chi connectivity index (χ3n) is 1.69. The first-order valence-corrected chi connectivity index (χ1v) is 3.95. The van der Waals surface area contributed by atoms with Gasteiger partial charge in [0.2, 0.25) is 0 Å². The van der Waals surface area contributed by atoms with Gasteiger partial charge in [0.1, 0.15) is 0 Å². The van der Waals surface area contributed by atoms with Gasteiger partial charge >= 0.3 is 0 Å². The standard InChI is InChI=1S/C9H14N2O/c1-7-2-3-8(10)6-9(7)11-4-5-12/h2-3,6,11-12H,4-5,10H2,1H3. The molecule has 3 nitrogen and oxygen atoms in total. The van der Waals surface area contributed by atoms with E-state index in [1.807, 2.05) is 25.1 Å². The zero-order chi connectivity index (χ0) is 8.97. The molecule has 0 fully saturated rings. The van der Waals surface area contributed by atoms with Gasteiger partial charge in [0.25, 0.3) is 0 Å². The van der Waals surface area contributed by atoms with Crippen LogP contribution in [0.25, 0.3) is 0 Å². The molecular formula is C9H14N2O. The molecule has 0 radical (unpaired) electrons. The second-order valence-electron chi connectivity index (χ2n) is 2.72. The zero-order valence-electron chi connectivity index (χ0n) is 7.17. The molecule has 12 heavy (non-hydrogen) atoms. The molecule has 0 aliphatic heterocycles. The summed E-state index contributed by atoms with van der Waals surface area (Å²) in [6, 6.07) is 5.68. The summed E-state index contributed by atoms with van der Waals surface area (Å²) in [4.78, 5) is 0. The number of aliphatic hydroxyl groups excluding tert-OH is 1. The highest BCUT2D eigenvalue weighted by atomic mass is 16.3. The smallest absolute Gasteiger partial charge is 0.0604 e. The first kappa shape index (κ1) is 8.87. The Morgan fingerprint density at radius 1 is 1.50 bits per heavy atom. The van der Waals surface area contributed by atoms with Crippen molar-refractivity contribution in [2.45, 2.75) is 6.92 Å². The predicted molar refractivity (Wildman–Crippen MR) is 51.2 cm³/mol. The van der Waals surface area contributed by atoms with Crippen molar-refractivity contribution in [3.05, 3.63) is 23.8 Å². The topological polar surface area (TPSA) is 58.3 Å². The van der Waals surface area contributed by atoms with Gasteiger partial charge in [-0.3, -0.25) is 0 Å². The fraction of sp³-hybridized carbons (Fsp3) is 0.333. The van der Waals surface area contributed by atoms with E-state index >= 15 is 0 Å². The molecule has 4 N–H and O–H groups in total. The van der Waals surface area contributed by atoms with Gasteiger partial charge in [-0.15, -0.1) is 0 Å².